The Kier molecular flexibility index (Phi) is 4.93. The molecule has 0 saturated heterocycles. The summed E-state index contributed by atoms with van der Waals surface area (Å²) >= 11 is 0. The Morgan fingerprint density at radius 2 is 1.43 bits per heavy atom. The van der Waals surface area contributed by atoms with Gasteiger partial charge in [0.25, 0.3) is 0 Å². The van der Waals surface area contributed by atoms with Crippen molar-refractivity contribution in [3.8, 4) is 17.2 Å². The molecule has 2 aromatic rings. The van der Waals surface area contributed by atoms with Crippen LogP contribution in [0.1, 0.15) is 5.56 Å². The van der Waals surface area contributed by atoms with Crippen molar-refractivity contribution in [2.45, 2.75) is 6.54 Å². The standard InChI is InChI=1S/C17H21NO3/c1-18(12-13-8-6-5-7-9-13)14-10-15(19-2)17(21-4)16(11-14)20-3/h5-11H,12H2,1-4H3. The average Bonchev–Trinajstić information content (AvgIpc) is 2.54. The zero-order valence-electron chi connectivity index (χ0n) is 12.9. The molecule has 2 aromatic carbocycles. The van der Waals surface area contributed by atoms with E-state index in [0.717, 1.165) is 12.2 Å². The number of nitrogens with zero attached hydrogens (tertiary/aromatic N) is 1. The predicted molar refractivity (Wildman–Crippen MR) is 84.6 cm³/mol. The van der Waals surface area contributed by atoms with Crippen molar-refractivity contribution < 1.29 is 14.2 Å². The van der Waals surface area contributed by atoms with E-state index in [1.807, 2.05) is 37.4 Å². The van der Waals surface area contributed by atoms with Gasteiger partial charge >= 0.3 is 0 Å². The van der Waals surface area contributed by atoms with E-state index in [4.69, 9.17) is 14.2 Å². The van der Waals surface area contributed by atoms with Gasteiger partial charge in [0.05, 0.1) is 21.3 Å². The van der Waals surface area contributed by atoms with Crippen molar-refractivity contribution in [2.24, 2.45) is 0 Å². The number of methoxy groups -OCH3 is 3. The van der Waals surface area contributed by atoms with E-state index < -0.39 is 0 Å². The van der Waals surface area contributed by atoms with Crippen LogP contribution in [0.5, 0.6) is 17.2 Å². The fourth-order valence-corrected chi connectivity index (χ4v) is 2.24. The summed E-state index contributed by atoms with van der Waals surface area (Å²) in [7, 11) is 6.89. The number of ether oxygens (including phenoxy) is 3. The first kappa shape index (κ1) is 15.0. The Labute approximate surface area is 125 Å². The van der Waals surface area contributed by atoms with E-state index in [9.17, 15) is 0 Å². The molecule has 4 heteroatoms. The van der Waals surface area contributed by atoms with E-state index in [2.05, 4.69) is 17.0 Å². The summed E-state index contributed by atoms with van der Waals surface area (Å²) in [6.45, 7) is 0.805. The zero-order valence-corrected chi connectivity index (χ0v) is 12.9. The minimum Gasteiger partial charge on any atom is -0.493 e. The summed E-state index contributed by atoms with van der Waals surface area (Å²) in [6.07, 6.45) is 0. The SMILES string of the molecule is COc1cc(N(C)Cc2ccccc2)cc(OC)c1OC. The minimum atomic E-state index is 0.608. The van der Waals surface area contributed by atoms with Crippen LogP contribution in [0.3, 0.4) is 0 Å². The molecular weight excluding hydrogens is 266 g/mol. The van der Waals surface area contributed by atoms with Crippen LogP contribution in [-0.4, -0.2) is 28.4 Å². The van der Waals surface area contributed by atoms with Gasteiger partial charge in [-0.05, 0) is 5.56 Å². The molecule has 0 aliphatic rings. The Balaban J connectivity index is 2.30. The first-order valence-electron chi connectivity index (χ1n) is 6.74. The maximum atomic E-state index is 5.39. The van der Waals surface area contributed by atoms with Gasteiger partial charge < -0.3 is 19.1 Å². The molecule has 0 aromatic heterocycles. The van der Waals surface area contributed by atoms with Gasteiger partial charge in [0.1, 0.15) is 0 Å². The van der Waals surface area contributed by atoms with Gasteiger partial charge in [-0.25, -0.2) is 0 Å². The largest absolute Gasteiger partial charge is 0.493 e. The first-order valence-corrected chi connectivity index (χ1v) is 6.74. The van der Waals surface area contributed by atoms with Gasteiger partial charge in [0, 0.05) is 31.4 Å². The summed E-state index contributed by atoms with van der Waals surface area (Å²) in [4.78, 5) is 2.14. The molecule has 0 unspecified atom stereocenters. The van der Waals surface area contributed by atoms with Crippen LogP contribution in [0.4, 0.5) is 5.69 Å². The molecule has 112 valence electrons. The molecule has 21 heavy (non-hydrogen) atoms. The number of hydrogen-bond donors (Lipinski definition) is 0. The van der Waals surface area contributed by atoms with E-state index in [-0.39, 0.29) is 0 Å². The van der Waals surface area contributed by atoms with Gasteiger partial charge in [-0.15, -0.1) is 0 Å². The fraction of sp³-hybridized carbons (Fsp3) is 0.294. The van der Waals surface area contributed by atoms with Crippen LogP contribution >= 0.6 is 0 Å². The lowest BCUT2D eigenvalue weighted by molar-refractivity contribution is 0.324. The van der Waals surface area contributed by atoms with E-state index in [1.165, 1.54) is 5.56 Å². The Hall–Kier alpha value is -2.36. The molecule has 0 spiro atoms. The number of anilines is 1. The molecule has 0 fully saturated rings. The number of rotatable bonds is 6. The van der Waals surface area contributed by atoms with Gasteiger partial charge in [0.15, 0.2) is 11.5 Å². The minimum absolute atomic E-state index is 0.608. The summed E-state index contributed by atoms with van der Waals surface area (Å²) in [5, 5.41) is 0. The molecule has 0 atom stereocenters. The average molecular weight is 287 g/mol. The highest BCUT2D eigenvalue weighted by atomic mass is 16.5. The number of benzene rings is 2. The smallest absolute Gasteiger partial charge is 0.203 e. The summed E-state index contributed by atoms with van der Waals surface area (Å²) in [5.74, 6) is 1.93. The fourth-order valence-electron chi connectivity index (χ4n) is 2.24. The first-order chi connectivity index (χ1) is 10.2. The highest BCUT2D eigenvalue weighted by Gasteiger charge is 2.15. The van der Waals surface area contributed by atoms with Gasteiger partial charge in [0.2, 0.25) is 5.75 Å². The maximum Gasteiger partial charge on any atom is 0.203 e. The van der Waals surface area contributed by atoms with E-state index >= 15 is 0 Å². The molecule has 0 aliphatic carbocycles. The molecular formula is C17H21NO3. The zero-order chi connectivity index (χ0) is 15.2. The van der Waals surface area contributed by atoms with Gasteiger partial charge in [-0.3, -0.25) is 0 Å². The van der Waals surface area contributed by atoms with Crippen LogP contribution in [0, 0.1) is 0 Å². The van der Waals surface area contributed by atoms with Crippen LogP contribution in [0.25, 0.3) is 0 Å². The Morgan fingerprint density at radius 1 is 0.857 bits per heavy atom. The van der Waals surface area contributed by atoms with Gasteiger partial charge in [-0.2, -0.15) is 0 Å². The van der Waals surface area contributed by atoms with Gasteiger partial charge in [-0.1, -0.05) is 30.3 Å². The third-order valence-corrected chi connectivity index (χ3v) is 3.35. The lowest BCUT2D eigenvalue weighted by Gasteiger charge is -2.22. The van der Waals surface area contributed by atoms with Crippen LogP contribution in [0.15, 0.2) is 42.5 Å². The second kappa shape index (κ2) is 6.88. The Morgan fingerprint density at radius 3 is 1.90 bits per heavy atom. The predicted octanol–water partition coefficient (Wildman–Crippen LogP) is 3.35. The summed E-state index contributed by atoms with van der Waals surface area (Å²) < 4.78 is 16.1. The topological polar surface area (TPSA) is 30.9 Å². The van der Waals surface area contributed by atoms with E-state index in [1.54, 1.807) is 21.3 Å². The van der Waals surface area contributed by atoms with Crippen molar-refractivity contribution in [2.75, 3.05) is 33.3 Å². The maximum absolute atomic E-state index is 5.39. The van der Waals surface area contributed by atoms with Crippen molar-refractivity contribution >= 4 is 5.69 Å². The molecule has 0 saturated carbocycles. The van der Waals surface area contributed by atoms with Crippen molar-refractivity contribution in [1.82, 2.24) is 0 Å². The van der Waals surface area contributed by atoms with Crippen LogP contribution < -0.4 is 19.1 Å². The normalized spacial score (nSPS) is 10.1. The molecule has 0 heterocycles. The molecule has 0 N–H and O–H groups in total. The molecule has 0 radical (unpaired) electrons. The Bertz CT molecular complexity index is 559. The van der Waals surface area contributed by atoms with Crippen molar-refractivity contribution in [1.29, 1.82) is 0 Å². The number of hydrogen-bond acceptors (Lipinski definition) is 4. The molecule has 4 nitrogen and oxygen atoms in total. The quantitative estimate of drug-likeness (QED) is 0.815. The lowest BCUT2D eigenvalue weighted by atomic mass is 10.2. The molecule has 2 rings (SSSR count). The molecule has 0 aliphatic heterocycles. The van der Waals surface area contributed by atoms with Crippen molar-refractivity contribution in [3.05, 3.63) is 48.0 Å². The highest BCUT2D eigenvalue weighted by molar-refractivity contribution is 5.63. The van der Waals surface area contributed by atoms with Crippen LogP contribution in [0.2, 0.25) is 0 Å². The third kappa shape index (κ3) is 3.40. The summed E-state index contributed by atoms with van der Waals surface area (Å²) in [6, 6.07) is 14.2. The van der Waals surface area contributed by atoms with Crippen LogP contribution in [-0.2, 0) is 6.54 Å². The third-order valence-electron chi connectivity index (χ3n) is 3.35. The molecule has 0 amide bonds. The highest BCUT2D eigenvalue weighted by Crippen LogP contribution is 2.40. The lowest BCUT2D eigenvalue weighted by Crippen LogP contribution is -2.16. The summed E-state index contributed by atoms with van der Waals surface area (Å²) in [5.41, 5.74) is 2.25. The second-order valence-corrected chi connectivity index (χ2v) is 4.73. The monoisotopic (exact) mass is 287 g/mol. The van der Waals surface area contributed by atoms with E-state index in [0.29, 0.717) is 17.2 Å². The molecule has 0 bridgehead atoms. The second-order valence-electron chi connectivity index (χ2n) is 4.73. The van der Waals surface area contributed by atoms with Crippen molar-refractivity contribution in [3.63, 3.8) is 0 Å².